The van der Waals surface area contributed by atoms with Crippen LogP contribution in [0.15, 0.2) is 78.9 Å². The normalized spacial score (nSPS) is 10.6. The minimum absolute atomic E-state index is 0.212. The van der Waals surface area contributed by atoms with Crippen LogP contribution in [0.1, 0.15) is 21.5 Å². The van der Waals surface area contributed by atoms with Crippen LogP contribution in [0.2, 0.25) is 0 Å². The van der Waals surface area contributed by atoms with Gasteiger partial charge in [0.05, 0.1) is 12.7 Å². The molecule has 0 saturated heterocycles. The largest absolute Gasteiger partial charge is 0.497 e. The fourth-order valence-corrected chi connectivity index (χ4v) is 2.76. The number of para-hydroxylation sites is 1. The Kier molecular flexibility index (Phi) is 6.47. The molecule has 0 spiro atoms. The van der Waals surface area contributed by atoms with Crippen LogP contribution in [-0.2, 0) is 0 Å². The number of nitrogens with one attached hydrogen (secondary N) is 1. The summed E-state index contributed by atoms with van der Waals surface area (Å²) in [5, 5.41) is 2.94. The molecule has 0 aliphatic carbocycles. The third-order valence-corrected chi connectivity index (χ3v) is 4.26. The molecule has 0 radical (unpaired) electrons. The highest BCUT2D eigenvalue weighted by Crippen LogP contribution is 2.24. The lowest BCUT2D eigenvalue weighted by Gasteiger charge is -2.12. The number of methoxy groups -OCH3 is 1. The van der Waals surface area contributed by atoms with Crippen LogP contribution in [-0.4, -0.2) is 19.6 Å². The fraction of sp³-hybridized carbons (Fsp3) is 0.125. The van der Waals surface area contributed by atoms with E-state index in [1.54, 1.807) is 19.2 Å². The molecular formula is C24H23NO3. The Labute approximate surface area is 165 Å². The highest BCUT2D eigenvalue weighted by molar-refractivity contribution is 6.06. The van der Waals surface area contributed by atoms with E-state index in [1.165, 1.54) is 0 Å². The van der Waals surface area contributed by atoms with E-state index in [2.05, 4.69) is 5.32 Å². The molecule has 0 heterocycles. The summed E-state index contributed by atoms with van der Waals surface area (Å²) in [5.41, 5.74) is 3.26. The zero-order chi connectivity index (χ0) is 19.8. The van der Waals surface area contributed by atoms with Crippen LogP contribution in [0.3, 0.4) is 0 Å². The van der Waals surface area contributed by atoms with Crippen LogP contribution >= 0.6 is 0 Å². The Morgan fingerprint density at radius 3 is 2.50 bits per heavy atom. The van der Waals surface area contributed by atoms with Crippen molar-refractivity contribution in [2.24, 2.45) is 0 Å². The summed E-state index contributed by atoms with van der Waals surface area (Å²) in [5.74, 6) is 1.09. The Bertz CT molecular complexity index is 965. The van der Waals surface area contributed by atoms with Crippen molar-refractivity contribution < 1.29 is 14.3 Å². The van der Waals surface area contributed by atoms with E-state index in [-0.39, 0.29) is 5.91 Å². The maximum absolute atomic E-state index is 12.8. The second-order valence-corrected chi connectivity index (χ2v) is 6.26. The molecule has 1 amide bonds. The van der Waals surface area contributed by atoms with Gasteiger partial charge in [-0.25, -0.2) is 0 Å². The smallest absolute Gasteiger partial charge is 0.259 e. The lowest BCUT2D eigenvalue weighted by atomic mass is 10.1. The zero-order valence-corrected chi connectivity index (χ0v) is 16.0. The Morgan fingerprint density at radius 2 is 1.75 bits per heavy atom. The molecule has 3 aromatic carbocycles. The van der Waals surface area contributed by atoms with Gasteiger partial charge in [0.1, 0.15) is 18.1 Å². The maximum atomic E-state index is 12.8. The first-order chi connectivity index (χ1) is 13.7. The first-order valence-electron chi connectivity index (χ1n) is 9.07. The number of anilines is 1. The second-order valence-electron chi connectivity index (χ2n) is 6.26. The molecule has 0 fully saturated rings. The lowest BCUT2D eigenvalue weighted by Crippen LogP contribution is -2.14. The third-order valence-electron chi connectivity index (χ3n) is 4.26. The monoisotopic (exact) mass is 373 g/mol. The average molecular weight is 373 g/mol. The van der Waals surface area contributed by atoms with Gasteiger partial charge in [0, 0.05) is 5.69 Å². The van der Waals surface area contributed by atoms with Gasteiger partial charge in [-0.3, -0.25) is 4.79 Å². The topological polar surface area (TPSA) is 47.6 Å². The quantitative estimate of drug-likeness (QED) is 0.607. The van der Waals surface area contributed by atoms with Gasteiger partial charge in [0.25, 0.3) is 5.91 Å². The molecule has 1 N–H and O–H groups in total. The number of hydrogen-bond donors (Lipinski definition) is 1. The molecule has 28 heavy (non-hydrogen) atoms. The van der Waals surface area contributed by atoms with E-state index in [1.807, 2.05) is 79.7 Å². The van der Waals surface area contributed by atoms with Gasteiger partial charge < -0.3 is 14.8 Å². The molecule has 0 aliphatic heterocycles. The number of amides is 1. The minimum Gasteiger partial charge on any atom is -0.497 e. The predicted octanol–water partition coefficient (Wildman–Crippen LogP) is 5.35. The third kappa shape index (κ3) is 5.01. The molecule has 0 bridgehead atoms. The molecule has 3 aromatic rings. The number of rotatable bonds is 7. The second kappa shape index (κ2) is 9.42. The average Bonchev–Trinajstić information content (AvgIpc) is 2.73. The van der Waals surface area contributed by atoms with Gasteiger partial charge in [-0.15, -0.1) is 0 Å². The van der Waals surface area contributed by atoms with Crippen molar-refractivity contribution in [2.45, 2.75) is 6.92 Å². The summed E-state index contributed by atoms with van der Waals surface area (Å²) in [6, 6.07) is 22.8. The van der Waals surface area contributed by atoms with Crippen LogP contribution < -0.4 is 14.8 Å². The SMILES string of the molecule is COc1ccc(NC(=O)c2ccccc2OC/C=C/c2ccccc2)c(C)c1. The van der Waals surface area contributed by atoms with E-state index in [4.69, 9.17) is 9.47 Å². The summed E-state index contributed by atoms with van der Waals surface area (Å²) in [6.45, 7) is 2.30. The Balaban J connectivity index is 1.67. The van der Waals surface area contributed by atoms with Crippen LogP contribution in [0.25, 0.3) is 6.08 Å². The number of ether oxygens (including phenoxy) is 2. The molecule has 3 rings (SSSR count). The van der Waals surface area contributed by atoms with Crippen molar-refractivity contribution in [1.29, 1.82) is 0 Å². The highest BCUT2D eigenvalue weighted by Gasteiger charge is 2.13. The van der Waals surface area contributed by atoms with Gasteiger partial charge in [-0.1, -0.05) is 48.5 Å². The van der Waals surface area contributed by atoms with Gasteiger partial charge in [0.2, 0.25) is 0 Å². The van der Waals surface area contributed by atoms with Crippen molar-refractivity contribution >= 4 is 17.7 Å². The number of carbonyl (C=O) groups is 1. The number of hydrogen-bond acceptors (Lipinski definition) is 3. The highest BCUT2D eigenvalue weighted by atomic mass is 16.5. The zero-order valence-electron chi connectivity index (χ0n) is 16.0. The lowest BCUT2D eigenvalue weighted by molar-refractivity contribution is 0.102. The van der Waals surface area contributed by atoms with Crippen LogP contribution in [0.5, 0.6) is 11.5 Å². The summed E-state index contributed by atoms with van der Waals surface area (Å²) in [7, 11) is 1.62. The van der Waals surface area contributed by atoms with Crippen LogP contribution in [0, 0.1) is 6.92 Å². The van der Waals surface area contributed by atoms with Gasteiger partial charge in [0.15, 0.2) is 0 Å². The van der Waals surface area contributed by atoms with Crippen LogP contribution in [0.4, 0.5) is 5.69 Å². The summed E-state index contributed by atoms with van der Waals surface area (Å²) < 4.78 is 11.0. The van der Waals surface area contributed by atoms with Crippen molar-refractivity contribution in [2.75, 3.05) is 19.0 Å². The van der Waals surface area contributed by atoms with E-state index in [0.29, 0.717) is 17.9 Å². The predicted molar refractivity (Wildman–Crippen MR) is 113 cm³/mol. The Morgan fingerprint density at radius 1 is 1.00 bits per heavy atom. The summed E-state index contributed by atoms with van der Waals surface area (Å²) in [4.78, 5) is 12.8. The van der Waals surface area contributed by atoms with E-state index in [0.717, 1.165) is 22.6 Å². The molecule has 4 nitrogen and oxygen atoms in total. The molecule has 0 unspecified atom stereocenters. The maximum Gasteiger partial charge on any atom is 0.259 e. The summed E-state index contributed by atoms with van der Waals surface area (Å²) >= 11 is 0. The van der Waals surface area contributed by atoms with E-state index >= 15 is 0 Å². The van der Waals surface area contributed by atoms with Crippen molar-refractivity contribution in [1.82, 2.24) is 0 Å². The van der Waals surface area contributed by atoms with Gasteiger partial charge in [-0.2, -0.15) is 0 Å². The minimum atomic E-state index is -0.212. The molecule has 0 atom stereocenters. The van der Waals surface area contributed by atoms with Crippen molar-refractivity contribution in [3.8, 4) is 11.5 Å². The number of benzene rings is 3. The molecule has 0 aliphatic rings. The van der Waals surface area contributed by atoms with Gasteiger partial charge in [-0.05, 0) is 54.5 Å². The van der Waals surface area contributed by atoms with E-state index in [9.17, 15) is 4.79 Å². The molecule has 0 aromatic heterocycles. The molecule has 0 saturated carbocycles. The first-order valence-corrected chi connectivity index (χ1v) is 9.07. The standard InChI is InChI=1S/C24H23NO3/c1-18-17-20(27-2)14-15-22(18)25-24(26)21-12-6-7-13-23(21)28-16-8-11-19-9-4-3-5-10-19/h3-15,17H,16H2,1-2H3,(H,25,26)/b11-8+. The molecule has 4 heteroatoms. The Hall–Kier alpha value is -3.53. The van der Waals surface area contributed by atoms with Crippen molar-refractivity contribution in [3.63, 3.8) is 0 Å². The fourth-order valence-electron chi connectivity index (χ4n) is 2.76. The summed E-state index contributed by atoms with van der Waals surface area (Å²) in [6.07, 6.45) is 3.92. The van der Waals surface area contributed by atoms with Gasteiger partial charge >= 0.3 is 0 Å². The molecule has 142 valence electrons. The van der Waals surface area contributed by atoms with Crippen molar-refractivity contribution in [3.05, 3.63) is 95.6 Å². The molecular weight excluding hydrogens is 350 g/mol. The number of carbonyl (C=O) groups excluding carboxylic acids is 1. The number of aryl methyl sites for hydroxylation is 1. The first kappa shape index (κ1) is 19.2. The van der Waals surface area contributed by atoms with E-state index < -0.39 is 0 Å².